The van der Waals surface area contributed by atoms with Gasteiger partial charge in [-0.15, -0.1) is 0 Å². The monoisotopic (exact) mass is 361 g/mol. The van der Waals surface area contributed by atoms with Crippen molar-refractivity contribution in [3.8, 4) is 5.75 Å². The Morgan fingerprint density at radius 2 is 1.71 bits per heavy atom. The van der Waals surface area contributed by atoms with E-state index in [1.54, 1.807) is 0 Å². The minimum Gasteiger partial charge on any atom is -0.507 e. The number of alkyl halides is 3. The summed E-state index contributed by atoms with van der Waals surface area (Å²) in [5.74, 6) is -2.11. The van der Waals surface area contributed by atoms with Gasteiger partial charge in [0.25, 0.3) is 11.3 Å². The number of carboxylic acids is 1. The molecule has 0 saturated heterocycles. The van der Waals surface area contributed by atoms with Crippen LogP contribution in [0.4, 0.5) is 24.5 Å². The number of nitrogens with zero attached hydrogens (tertiary/aromatic N) is 1. The van der Waals surface area contributed by atoms with Crippen LogP contribution < -0.4 is 4.31 Å². The van der Waals surface area contributed by atoms with Crippen molar-refractivity contribution in [2.75, 3.05) is 4.31 Å². The molecule has 0 spiro atoms. The van der Waals surface area contributed by atoms with Crippen LogP contribution in [0.25, 0.3) is 0 Å². The molecule has 0 aromatic heterocycles. The first-order chi connectivity index (χ1) is 11.1. The minimum absolute atomic E-state index is 0.155. The fourth-order valence-corrected chi connectivity index (χ4v) is 2.55. The molecule has 0 aliphatic carbocycles. The highest BCUT2D eigenvalue weighted by atomic mass is 32.2. The zero-order valence-corrected chi connectivity index (χ0v) is 12.5. The van der Waals surface area contributed by atoms with Crippen molar-refractivity contribution < 1.29 is 36.9 Å². The average Bonchev–Trinajstić information content (AvgIpc) is 2.46. The number of carboxylic acid groups (broad SMARTS) is 1. The quantitative estimate of drug-likeness (QED) is 0.725. The second-order valence-electron chi connectivity index (χ2n) is 4.58. The maximum Gasteiger partial charge on any atom is 0.416 e. The Hall–Kier alpha value is -2.59. The first-order valence-corrected chi connectivity index (χ1v) is 7.32. The molecule has 1 atom stereocenters. The van der Waals surface area contributed by atoms with Crippen LogP contribution in [0.3, 0.4) is 0 Å². The van der Waals surface area contributed by atoms with Gasteiger partial charge in [-0.3, -0.25) is 4.55 Å². The van der Waals surface area contributed by atoms with E-state index in [1.165, 1.54) is 6.07 Å². The van der Waals surface area contributed by atoms with E-state index >= 15 is 0 Å². The Bertz CT molecular complexity index is 809. The number of aromatic carboxylic acids is 1. The molecule has 2 aromatic rings. The van der Waals surface area contributed by atoms with E-state index in [0.717, 1.165) is 30.3 Å². The minimum atomic E-state index is -4.64. The second kappa shape index (κ2) is 6.49. The summed E-state index contributed by atoms with van der Waals surface area (Å²) in [5.41, 5.74) is -1.89. The number of rotatable bonds is 4. The van der Waals surface area contributed by atoms with Crippen LogP contribution >= 0.6 is 0 Å². The van der Waals surface area contributed by atoms with E-state index in [0.29, 0.717) is 10.4 Å². The third-order valence-electron chi connectivity index (χ3n) is 3.01. The molecule has 0 bridgehead atoms. The molecule has 1 unspecified atom stereocenters. The predicted molar refractivity (Wildman–Crippen MR) is 79.4 cm³/mol. The fraction of sp³-hybridized carbons (Fsp3) is 0.0714. The van der Waals surface area contributed by atoms with Crippen LogP contribution in [0.2, 0.25) is 0 Å². The van der Waals surface area contributed by atoms with E-state index in [9.17, 15) is 31.8 Å². The van der Waals surface area contributed by atoms with Crippen LogP contribution in [-0.2, 0) is 17.4 Å². The molecule has 2 aromatic carbocycles. The highest BCUT2D eigenvalue weighted by Crippen LogP contribution is 2.35. The molecule has 6 nitrogen and oxygen atoms in total. The molecule has 10 heteroatoms. The van der Waals surface area contributed by atoms with Gasteiger partial charge in [0.05, 0.1) is 16.9 Å². The topological polar surface area (TPSA) is 98.1 Å². The maximum atomic E-state index is 12.8. The van der Waals surface area contributed by atoms with Gasteiger partial charge in [0, 0.05) is 6.07 Å². The summed E-state index contributed by atoms with van der Waals surface area (Å²) in [7, 11) is 0. The molecule has 0 fully saturated rings. The van der Waals surface area contributed by atoms with Crippen molar-refractivity contribution in [2.24, 2.45) is 0 Å². The van der Waals surface area contributed by atoms with E-state index in [4.69, 9.17) is 5.11 Å². The predicted octanol–water partition coefficient (Wildman–Crippen LogP) is 3.38. The number of anilines is 2. The van der Waals surface area contributed by atoms with Crippen LogP contribution in [0.15, 0.2) is 42.5 Å². The van der Waals surface area contributed by atoms with Gasteiger partial charge in [-0.1, -0.05) is 6.07 Å². The van der Waals surface area contributed by atoms with E-state index < -0.39 is 40.3 Å². The van der Waals surface area contributed by atoms with Gasteiger partial charge in [0.15, 0.2) is 0 Å². The van der Waals surface area contributed by atoms with Crippen molar-refractivity contribution in [2.45, 2.75) is 6.18 Å². The van der Waals surface area contributed by atoms with Crippen molar-refractivity contribution in [3.63, 3.8) is 0 Å². The average molecular weight is 361 g/mol. The molecule has 24 heavy (non-hydrogen) atoms. The number of hydrogen-bond acceptors (Lipinski definition) is 3. The number of carbonyl (C=O) groups is 1. The molecule has 0 radical (unpaired) electrons. The molecule has 0 amide bonds. The fourth-order valence-electron chi connectivity index (χ4n) is 1.97. The SMILES string of the molecule is O=C(O)c1ccc(N(c2cccc(C(F)(F)F)c2)S(=O)O)cc1O. The number of hydrogen-bond donors (Lipinski definition) is 3. The Balaban J connectivity index is 2.54. The van der Waals surface area contributed by atoms with Crippen molar-refractivity contribution in [1.82, 2.24) is 0 Å². The first-order valence-electron chi connectivity index (χ1n) is 6.26. The van der Waals surface area contributed by atoms with Gasteiger partial charge in [-0.25, -0.2) is 13.3 Å². The van der Waals surface area contributed by atoms with E-state index in [2.05, 4.69) is 0 Å². The lowest BCUT2D eigenvalue weighted by Crippen LogP contribution is -2.20. The smallest absolute Gasteiger partial charge is 0.416 e. The first kappa shape index (κ1) is 17.8. The van der Waals surface area contributed by atoms with E-state index in [1.807, 2.05) is 0 Å². The van der Waals surface area contributed by atoms with Gasteiger partial charge in [0.1, 0.15) is 11.3 Å². The zero-order chi connectivity index (χ0) is 18.1. The molecule has 0 saturated carbocycles. The lowest BCUT2D eigenvalue weighted by Gasteiger charge is -2.21. The van der Waals surface area contributed by atoms with Crippen LogP contribution in [0.1, 0.15) is 15.9 Å². The summed E-state index contributed by atoms with van der Waals surface area (Å²) in [6, 6.07) is 6.63. The third kappa shape index (κ3) is 3.66. The van der Waals surface area contributed by atoms with Crippen LogP contribution in [0, 0.1) is 0 Å². The number of halogens is 3. The molecule has 0 heterocycles. The summed E-state index contributed by atoms with van der Waals surface area (Å²) in [5, 5.41) is 18.5. The largest absolute Gasteiger partial charge is 0.507 e. The summed E-state index contributed by atoms with van der Waals surface area (Å²) in [6.45, 7) is 0. The van der Waals surface area contributed by atoms with Crippen molar-refractivity contribution in [1.29, 1.82) is 0 Å². The lowest BCUT2D eigenvalue weighted by molar-refractivity contribution is -0.137. The van der Waals surface area contributed by atoms with Crippen LogP contribution in [0.5, 0.6) is 5.75 Å². The standard InChI is InChI=1S/C14H10F3NO5S/c15-14(16,17)8-2-1-3-9(6-8)18(24(22)23)10-4-5-11(13(20)21)12(19)7-10/h1-7,19H,(H,20,21)(H,22,23). The van der Waals surface area contributed by atoms with E-state index in [-0.39, 0.29) is 11.4 Å². The summed E-state index contributed by atoms with van der Waals surface area (Å²) < 4.78 is 59.9. The van der Waals surface area contributed by atoms with Crippen molar-refractivity contribution >= 4 is 28.6 Å². The molecular formula is C14H10F3NO5S. The normalized spacial score (nSPS) is 12.7. The summed E-state index contributed by atoms with van der Waals surface area (Å²) in [4.78, 5) is 10.9. The Morgan fingerprint density at radius 3 is 2.21 bits per heavy atom. The molecular weight excluding hydrogens is 351 g/mol. The Labute approximate surface area is 136 Å². The van der Waals surface area contributed by atoms with Gasteiger partial charge in [-0.05, 0) is 30.3 Å². The molecule has 3 N–H and O–H groups in total. The van der Waals surface area contributed by atoms with Gasteiger partial charge < -0.3 is 10.2 Å². The number of benzene rings is 2. The third-order valence-corrected chi connectivity index (χ3v) is 3.74. The molecule has 0 aliphatic heterocycles. The molecule has 2 rings (SSSR count). The summed E-state index contributed by atoms with van der Waals surface area (Å²) >= 11 is -2.76. The lowest BCUT2D eigenvalue weighted by atomic mass is 10.1. The van der Waals surface area contributed by atoms with Gasteiger partial charge >= 0.3 is 12.1 Å². The van der Waals surface area contributed by atoms with Gasteiger partial charge in [-0.2, -0.15) is 13.2 Å². The highest BCUT2D eigenvalue weighted by Gasteiger charge is 2.31. The zero-order valence-electron chi connectivity index (χ0n) is 11.7. The Kier molecular flexibility index (Phi) is 4.81. The highest BCUT2D eigenvalue weighted by molar-refractivity contribution is 7.81. The maximum absolute atomic E-state index is 12.8. The summed E-state index contributed by atoms with van der Waals surface area (Å²) in [6.07, 6.45) is -4.64. The Morgan fingerprint density at radius 1 is 1.08 bits per heavy atom. The number of aromatic hydroxyl groups is 1. The van der Waals surface area contributed by atoms with Crippen LogP contribution in [-0.4, -0.2) is 24.9 Å². The van der Waals surface area contributed by atoms with Gasteiger partial charge in [0.2, 0.25) is 0 Å². The van der Waals surface area contributed by atoms with Crippen molar-refractivity contribution in [3.05, 3.63) is 53.6 Å². The molecule has 128 valence electrons. The number of phenols is 1. The molecule has 0 aliphatic rings. The second-order valence-corrected chi connectivity index (χ2v) is 5.41.